The SMILES string of the molecule is COc1c(-c2ccccc2)c[n+](C)cc1-c1cccc(C(F)(F)F)c1.CS(=O)(=O)[O-]. The van der Waals surface area contributed by atoms with Crippen LogP contribution in [0.1, 0.15) is 5.56 Å². The number of nitrogens with zero attached hydrogens (tertiary/aromatic N) is 1. The van der Waals surface area contributed by atoms with Crippen molar-refractivity contribution in [1.82, 2.24) is 0 Å². The first-order valence-corrected chi connectivity index (χ1v) is 10.4. The van der Waals surface area contributed by atoms with Crippen LogP contribution < -0.4 is 9.30 Å². The summed E-state index contributed by atoms with van der Waals surface area (Å²) in [5.74, 6) is 0.545. The second-order valence-corrected chi connectivity index (χ2v) is 7.84. The number of aromatic nitrogens is 1. The molecule has 1 aromatic heterocycles. The van der Waals surface area contributed by atoms with Crippen molar-refractivity contribution in [2.24, 2.45) is 7.05 Å². The number of alkyl halides is 3. The smallest absolute Gasteiger partial charge is 0.416 e. The van der Waals surface area contributed by atoms with Crippen molar-refractivity contribution >= 4 is 10.1 Å². The Morgan fingerprint density at radius 3 is 1.93 bits per heavy atom. The standard InChI is InChI=1S/C20H17F3NO.CH4O3S/c1-24-12-17(14-7-4-3-5-8-14)19(25-2)18(13-24)15-9-6-10-16(11-15)20(21,22)23;1-5(2,3)4/h3-13H,1-2H3;1H3,(H,2,3,4)/q+1;/p-1. The van der Waals surface area contributed by atoms with Crippen molar-refractivity contribution in [3.05, 3.63) is 72.6 Å². The minimum atomic E-state index is -4.39. The summed E-state index contributed by atoms with van der Waals surface area (Å²) in [7, 11) is -0.554. The third-order valence-electron chi connectivity index (χ3n) is 3.94. The van der Waals surface area contributed by atoms with Gasteiger partial charge in [0, 0.05) is 6.26 Å². The molecule has 3 rings (SSSR count). The molecule has 0 bridgehead atoms. The fourth-order valence-electron chi connectivity index (χ4n) is 2.82. The molecule has 30 heavy (non-hydrogen) atoms. The lowest BCUT2D eigenvalue weighted by Gasteiger charge is -2.14. The third-order valence-corrected chi connectivity index (χ3v) is 3.94. The molecule has 2 aromatic carbocycles. The van der Waals surface area contributed by atoms with Crippen molar-refractivity contribution in [3.8, 4) is 28.0 Å². The summed E-state index contributed by atoms with van der Waals surface area (Å²) < 4.78 is 73.8. The molecule has 0 radical (unpaired) electrons. The molecule has 0 amide bonds. The number of aryl methyl sites for hydroxylation is 1. The summed E-state index contributed by atoms with van der Waals surface area (Å²) in [4.78, 5) is 0. The highest BCUT2D eigenvalue weighted by Gasteiger charge is 2.31. The van der Waals surface area contributed by atoms with Crippen LogP contribution in [-0.4, -0.2) is 26.3 Å². The van der Waals surface area contributed by atoms with Gasteiger partial charge >= 0.3 is 6.18 Å². The van der Waals surface area contributed by atoms with Gasteiger partial charge < -0.3 is 9.29 Å². The first-order valence-electron chi connectivity index (χ1n) is 8.61. The summed E-state index contributed by atoms with van der Waals surface area (Å²) >= 11 is 0. The third kappa shape index (κ3) is 6.57. The van der Waals surface area contributed by atoms with Gasteiger partial charge in [-0.1, -0.05) is 42.5 Å². The number of methoxy groups -OCH3 is 1. The van der Waals surface area contributed by atoms with Crippen LogP contribution in [0, 0.1) is 0 Å². The van der Waals surface area contributed by atoms with Gasteiger partial charge in [-0.05, 0) is 23.3 Å². The van der Waals surface area contributed by atoms with Crippen LogP contribution in [0.4, 0.5) is 13.2 Å². The highest BCUT2D eigenvalue weighted by Crippen LogP contribution is 2.39. The van der Waals surface area contributed by atoms with Crippen molar-refractivity contribution < 1.29 is 35.4 Å². The van der Waals surface area contributed by atoms with E-state index in [1.54, 1.807) is 12.3 Å². The second kappa shape index (κ2) is 9.27. The summed E-state index contributed by atoms with van der Waals surface area (Å²) in [6, 6.07) is 14.9. The van der Waals surface area contributed by atoms with E-state index in [4.69, 9.17) is 17.7 Å². The van der Waals surface area contributed by atoms with E-state index < -0.39 is 21.9 Å². The van der Waals surface area contributed by atoms with Crippen molar-refractivity contribution in [3.63, 3.8) is 0 Å². The first kappa shape index (κ1) is 23.4. The molecule has 5 nitrogen and oxygen atoms in total. The number of ether oxygens (including phenoxy) is 1. The van der Waals surface area contributed by atoms with Crippen LogP contribution in [0.3, 0.4) is 0 Å². The molecule has 0 N–H and O–H groups in total. The molecule has 0 unspecified atom stereocenters. The molecule has 0 saturated heterocycles. The highest BCUT2D eigenvalue weighted by atomic mass is 32.2. The van der Waals surface area contributed by atoms with E-state index in [0.717, 1.165) is 23.3 Å². The zero-order chi connectivity index (χ0) is 22.5. The van der Waals surface area contributed by atoms with E-state index in [2.05, 4.69) is 0 Å². The minimum Gasteiger partial charge on any atom is -0.748 e. The van der Waals surface area contributed by atoms with Crippen LogP contribution in [0.15, 0.2) is 67.0 Å². The Morgan fingerprint density at radius 2 is 1.43 bits per heavy atom. The molecule has 0 aliphatic heterocycles. The summed E-state index contributed by atoms with van der Waals surface area (Å²) in [6.45, 7) is 0. The van der Waals surface area contributed by atoms with Gasteiger partial charge in [-0.15, -0.1) is 0 Å². The number of hydrogen-bond acceptors (Lipinski definition) is 4. The Balaban J connectivity index is 0.000000575. The highest BCUT2D eigenvalue weighted by molar-refractivity contribution is 7.84. The molecule has 0 spiro atoms. The molecule has 0 saturated carbocycles. The van der Waals surface area contributed by atoms with Crippen LogP contribution in [0.25, 0.3) is 22.3 Å². The van der Waals surface area contributed by atoms with E-state index in [-0.39, 0.29) is 0 Å². The predicted molar refractivity (Wildman–Crippen MR) is 106 cm³/mol. The fraction of sp³-hybridized carbons (Fsp3) is 0.190. The number of rotatable bonds is 3. The van der Waals surface area contributed by atoms with Gasteiger partial charge in [-0.3, -0.25) is 0 Å². The van der Waals surface area contributed by atoms with Gasteiger partial charge in [0.05, 0.1) is 33.9 Å². The van der Waals surface area contributed by atoms with Gasteiger partial charge in [0.15, 0.2) is 12.4 Å². The van der Waals surface area contributed by atoms with Crippen LogP contribution in [0.5, 0.6) is 5.75 Å². The molecule has 0 aliphatic carbocycles. The van der Waals surface area contributed by atoms with E-state index in [1.807, 2.05) is 48.1 Å². The summed E-state index contributed by atoms with van der Waals surface area (Å²) in [5.41, 5.74) is 2.14. The average molecular weight is 439 g/mol. The molecule has 3 aromatic rings. The van der Waals surface area contributed by atoms with Crippen molar-refractivity contribution in [2.75, 3.05) is 13.4 Å². The van der Waals surface area contributed by atoms with Gasteiger partial charge in [0.25, 0.3) is 0 Å². The minimum absolute atomic E-state index is 0.458. The van der Waals surface area contributed by atoms with E-state index in [0.29, 0.717) is 23.1 Å². The van der Waals surface area contributed by atoms with Gasteiger partial charge in [0.1, 0.15) is 12.8 Å². The molecule has 1 heterocycles. The molecular weight excluding hydrogens is 419 g/mol. The Bertz CT molecular complexity index is 1110. The lowest BCUT2D eigenvalue weighted by atomic mass is 9.98. The van der Waals surface area contributed by atoms with Gasteiger partial charge in [0.2, 0.25) is 0 Å². The van der Waals surface area contributed by atoms with Crippen molar-refractivity contribution in [1.29, 1.82) is 0 Å². The van der Waals surface area contributed by atoms with Crippen LogP contribution in [-0.2, 0) is 23.3 Å². The summed E-state index contributed by atoms with van der Waals surface area (Å²) in [6.07, 6.45) is -0.124. The lowest BCUT2D eigenvalue weighted by Crippen LogP contribution is -2.27. The maximum absolute atomic E-state index is 13.1. The van der Waals surface area contributed by atoms with E-state index in [9.17, 15) is 13.2 Å². The van der Waals surface area contributed by atoms with Crippen LogP contribution >= 0.6 is 0 Å². The van der Waals surface area contributed by atoms with Crippen LogP contribution in [0.2, 0.25) is 0 Å². The number of benzene rings is 2. The molecular formula is C21H20F3NO4S. The summed E-state index contributed by atoms with van der Waals surface area (Å²) in [5, 5.41) is 0. The molecule has 0 fully saturated rings. The zero-order valence-electron chi connectivity index (χ0n) is 16.5. The Morgan fingerprint density at radius 1 is 0.933 bits per heavy atom. The van der Waals surface area contributed by atoms with Gasteiger partial charge in [-0.25, -0.2) is 13.0 Å². The lowest BCUT2D eigenvalue weighted by molar-refractivity contribution is -0.670. The molecule has 160 valence electrons. The quantitative estimate of drug-likeness (QED) is 0.456. The number of pyridine rings is 1. The molecule has 0 aliphatic rings. The maximum Gasteiger partial charge on any atom is 0.416 e. The average Bonchev–Trinajstić information content (AvgIpc) is 2.66. The Labute approximate surface area is 173 Å². The zero-order valence-corrected chi connectivity index (χ0v) is 17.3. The maximum atomic E-state index is 13.1. The molecule has 0 atom stereocenters. The topological polar surface area (TPSA) is 70.3 Å². The monoisotopic (exact) mass is 439 g/mol. The van der Waals surface area contributed by atoms with E-state index >= 15 is 0 Å². The predicted octanol–water partition coefficient (Wildman–Crippen LogP) is 4.03. The van der Waals surface area contributed by atoms with E-state index in [1.165, 1.54) is 13.2 Å². The normalized spacial score (nSPS) is 11.4. The Kier molecular flexibility index (Phi) is 7.22. The number of halogens is 3. The number of hydrogen-bond donors (Lipinski definition) is 0. The van der Waals surface area contributed by atoms with Crippen molar-refractivity contribution in [2.45, 2.75) is 6.18 Å². The fourth-order valence-corrected chi connectivity index (χ4v) is 2.82. The first-order chi connectivity index (χ1) is 13.9. The molecule has 9 heteroatoms. The largest absolute Gasteiger partial charge is 0.748 e. The second-order valence-electron chi connectivity index (χ2n) is 6.43. The Hall–Kier alpha value is -2.91. The van der Waals surface area contributed by atoms with Gasteiger partial charge in [-0.2, -0.15) is 13.2 Å².